The highest BCUT2D eigenvalue weighted by molar-refractivity contribution is 5.73. The van der Waals surface area contributed by atoms with Gasteiger partial charge in [0.2, 0.25) is 0 Å². The van der Waals surface area contributed by atoms with Crippen molar-refractivity contribution in [2.75, 3.05) is 7.11 Å². The number of esters is 1. The van der Waals surface area contributed by atoms with E-state index in [0.717, 1.165) is 19.3 Å². The molecule has 0 heterocycles. The Morgan fingerprint density at radius 2 is 2.30 bits per heavy atom. The highest BCUT2D eigenvalue weighted by Crippen LogP contribution is 2.24. The van der Waals surface area contributed by atoms with Gasteiger partial charge in [0.1, 0.15) is 0 Å². The monoisotopic (exact) mass is 143 g/mol. The summed E-state index contributed by atoms with van der Waals surface area (Å²) in [4.78, 5) is 10.9. The van der Waals surface area contributed by atoms with Crippen molar-refractivity contribution in [1.29, 1.82) is 0 Å². The molecule has 2 N–H and O–H groups in total. The molecule has 0 saturated heterocycles. The molecule has 1 aliphatic rings. The van der Waals surface area contributed by atoms with Gasteiger partial charge in [-0.05, 0) is 12.8 Å². The van der Waals surface area contributed by atoms with Crippen molar-refractivity contribution in [2.24, 2.45) is 11.7 Å². The molecule has 1 aliphatic carbocycles. The second kappa shape index (κ2) is 3.01. The number of hydrogen-bond donors (Lipinski definition) is 1. The first-order valence-electron chi connectivity index (χ1n) is 3.59. The van der Waals surface area contributed by atoms with Crippen molar-refractivity contribution >= 4 is 5.97 Å². The molecule has 0 aromatic carbocycles. The lowest BCUT2D eigenvalue weighted by Crippen LogP contribution is -2.31. The summed E-state index contributed by atoms with van der Waals surface area (Å²) in [5.41, 5.74) is 5.65. The van der Waals surface area contributed by atoms with Crippen LogP contribution in [0.2, 0.25) is 0 Å². The molecule has 3 heteroatoms. The zero-order valence-corrected chi connectivity index (χ0v) is 6.17. The van der Waals surface area contributed by atoms with Gasteiger partial charge in [0.15, 0.2) is 0 Å². The lowest BCUT2D eigenvalue weighted by molar-refractivity contribution is -0.145. The largest absolute Gasteiger partial charge is 0.469 e. The first kappa shape index (κ1) is 7.54. The van der Waals surface area contributed by atoms with E-state index in [2.05, 4.69) is 4.74 Å². The molecule has 58 valence electrons. The topological polar surface area (TPSA) is 52.3 Å². The van der Waals surface area contributed by atoms with Crippen molar-refractivity contribution in [3.05, 3.63) is 0 Å². The van der Waals surface area contributed by atoms with Crippen LogP contribution in [0, 0.1) is 5.92 Å². The molecule has 3 nitrogen and oxygen atoms in total. The van der Waals surface area contributed by atoms with E-state index in [1.165, 1.54) is 7.11 Å². The van der Waals surface area contributed by atoms with Gasteiger partial charge in [-0.15, -0.1) is 0 Å². The molecule has 1 saturated carbocycles. The Bertz CT molecular complexity index is 136. The standard InChI is InChI=1S/C7H13NO2/c1-10-7(9)5-3-2-4-6(5)8/h5-6H,2-4,8H2,1H3/t5-,6?/m1/s1. The smallest absolute Gasteiger partial charge is 0.310 e. The van der Waals surface area contributed by atoms with Crippen LogP contribution >= 0.6 is 0 Å². The lowest BCUT2D eigenvalue weighted by atomic mass is 10.1. The summed E-state index contributed by atoms with van der Waals surface area (Å²) in [6.45, 7) is 0. The Balaban J connectivity index is 2.46. The van der Waals surface area contributed by atoms with Crippen LogP contribution in [0.3, 0.4) is 0 Å². The number of carbonyl (C=O) groups excluding carboxylic acids is 1. The summed E-state index contributed by atoms with van der Waals surface area (Å²) in [5.74, 6) is -0.185. The Morgan fingerprint density at radius 3 is 2.70 bits per heavy atom. The molecule has 1 unspecified atom stereocenters. The van der Waals surface area contributed by atoms with E-state index < -0.39 is 0 Å². The second-order valence-corrected chi connectivity index (χ2v) is 2.72. The third-order valence-corrected chi connectivity index (χ3v) is 2.07. The minimum atomic E-state index is -0.148. The van der Waals surface area contributed by atoms with E-state index in [0.29, 0.717) is 0 Å². The van der Waals surface area contributed by atoms with Crippen LogP contribution < -0.4 is 5.73 Å². The van der Waals surface area contributed by atoms with Crippen molar-refractivity contribution < 1.29 is 9.53 Å². The average molecular weight is 143 g/mol. The average Bonchev–Trinajstić information content (AvgIpc) is 2.34. The highest BCUT2D eigenvalue weighted by atomic mass is 16.5. The van der Waals surface area contributed by atoms with Crippen molar-refractivity contribution in [3.63, 3.8) is 0 Å². The number of hydrogen-bond acceptors (Lipinski definition) is 3. The van der Waals surface area contributed by atoms with Gasteiger partial charge in [0.05, 0.1) is 13.0 Å². The van der Waals surface area contributed by atoms with Gasteiger partial charge in [-0.25, -0.2) is 0 Å². The third-order valence-electron chi connectivity index (χ3n) is 2.07. The van der Waals surface area contributed by atoms with Gasteiger partial charge in [-0.3, -0.25) is 4.79 Å². The number of ether oxygens (including phenoxy) is 1. The van der Waals surface area contributed by atoms with Gasteiger partial charge in [-0.2, -0.15) is 0 Å². The Hall–Kier alpha value is -0.570. The van der Waals surface area contributed by atoms with Crippen molar-refractivity contribution in [3.8, 4) is 0 Å². The minimum absolute atomic E-state index is 0.0347. The van der Waals surface area contributed by atoms with Crippen LogP contribution in [-0.4, -0.2) is 19.1 Å². The zero-order valence-electron chi connectivity index (χ0n) is 6.17. The van der Waals surface area contributed by atoms with Gasteiger partial charge in [-0.1, -0.05) is 6.42 Å². The molecular weight excluding hydrogens is 130 g/mol. The van der Waals surface area contributed by atoms with E-state index in [4.69, 9.17) is 5.73 Å². The van der Waals surface area contributed by atoms with Crippen LogP contribution in [-0.2, 0) is 9.53 Å². The molecule has 0 bridgehead atoms. The van der Waals surface area contributed by atoms with E-state index in [-0.39, 0.29) is 17.9 Å². The Kier molecular flexibility index (Phi) is 2.27. The summed E-state index contributed by atoms with van der Waals surface area (Å²) in [7, 11) is 1.41. The first-order valence-corrected chi connectivity index (χ1v) is 3.59. The summed E-state index contributed by atoms with van der Waals surface area (Å²) >= 11 is 0. The molecule has 0 amide bonds. The van der Waals surface area contributed by atoms with Crippen molar-refractivity contribution in [2.45, 2.75) is 25.3 Å². The van der Waals surface area contributed by atoms with Crippen LogP contribution in [0.25, 0.3) is 0 Å². The van der Waals surface area contributed by atoms with Crippen LogP contribution in [0.5, 0.6) is 0 Å². The fourth-order valence-corrected chi connectivity index (χ4v) is 1.43. The molecule has 0 aliphatic heterocycles. The Morgan fingerprint density at radius 1 is 1.60 bits per heavy atom. The summed E-state index contributed by atoms with van der Waals surface area (Å²) in [5, 5.41) is 0. The molecule has 2 atom stereocenters. The minimum Gasteiger partial charge on any atom is -0.469 e. The van der Waals surface area contributed by atoms with Crippen LogP contribution in [0.1, 0.15) is 19.3 Å². The maximum Gasteiger partial charge on any atom is 0.310 e. The normalized spacial score (nSPS) is 32.2. The summed E-state index contributed by atoms with van der Waals surface area (Å²) in [6.07, 6.45) is 2.91. The number of nitrogens with two attached hydrogens (primary N) is 1. The SMILES string of the molecule is COC(=O)[C@@H]1CCCC1N. The molecule has 0 spiro atoms. The predicted octanol–water partition coefficient (Wildman–Crippen LogP) is 0.287. The fourth-order valence-electron chi connectivity index (χ4n) is 1.43. The zero-order chi connectivity index (χ0) is 7.56. The predicted molar refractivity (Wildman–Crippen MR) is 37.3 cm³/mol. The van der Waals surface area contributed by atoms with Gasteiger partial charge in [0, 0.05) is 6.04 Å². The lowest BCUT2D eigenvalue weighted by Gasteiger charge is -2.11. The molecule has 1 rings (SSSR count). The summed E-state index contributed by atoms with van der Waals surface area (Å²) < 4.78 is 4.59. The van der Waals surface area contributed by atoms with Gasteiger partial charge in [0.25, 0.3) is 0 Å². The molecule has 0 aromatic heterocycles. The third kappa shape index (κ3) is 1.29. The number of carbonyl (C=O) groups is 1. The summed E-state index contributed by atoms with van der Waals surface area (Å²) in [6, 6.07) is 0.0347. The maximum atomic E-state index is 10.9. The van der Waals surface area contributed by atoms with Crippen LogP contribution in [0.15, 0.2) is 0 Å². The molecule has 1 fully saturated rings. The first-order chi connectivity index (χ1) is 4.75. The molecule has 10 heavy (non-hydrogen) atoms. The van der Waals surface area contributed by atoms with E-state index in [1.807, 2.05) is 0 Å². The highest BCUT2D eigenvalue weighted by Gasteiger charge is 2.30. The molecule has 0 radical (unpaired) electrons. The van der Waals surface area contributed by atoms with E-state index in [9.17, 15) is 4.79 Å². The van der Waals surface area contributed by atoms with Gasteiger partial charge >= 0.3 is 5.97 Å². The molecular formula is C7H13NO2. The van der Waals surface area contributed by atoms with Gasteiger partial charge < -0.3 is 10.5 Å². The molecule has 0 aromatic rings. The van der Waals surface area contributed by atoms with Crippen LogP contribution in [0.4, 0.5) is 0 Å². The van der Waals surface area contributed by atoms with E-state index in [1.54, 1.807) is 0 Å². The van der Waals surface area contributed by atoms with E-state index >= 15 is 0 Å². The number of rotatable bonds is 1. The number of methoxy groups -OCH3 is 1. The fraction of sp³-hybridized carbons (Fsp3) is 0.857. The maximum absolute atomic E-state index is 10.9. The second-order valence-electron chi connectivity index (χ2n) is 2.72. The van der Waals surface area contributed by atoms with Crippen molar-refractivity contribution in [1.82, 2.24) is 0 Å². The quantitative estimate of drug-likeness (QED) is 0.537. The Labute approximate surface area is 60.5 Å².